The Hall–Kier alpha value is -3.00. The van der Waals surface area contributed by atoms with E-state index in [9.17, 15) is 14.4 Å². The highest BCUT2D eigenvalue weighted by molar-refractivity contribution is 8.14. The Bertz CT molecular complexity index is 869. The molecule has 142 valence electrons. The highest BCUT2D eigenvalue weighted by Crippen LogP contribution is 2.35. The summed E-state index contributed by atoms with van der Waals surface area (Å²) in [6, 6.07) is 10.8. The van der Waals surface area contributed by atoms with Crippen molar-refractivity contribution < 1.29 is 23.9 Å². The molecule has 8 heteroatoms. The number of primary amides is 1. The summed E-state index contributed by atoms with van der Waals surface area (Å²) >= 11 is 0.884. The first kappa shape index (κ1) is 20.3. The van der Waals surface area contributed by atoms with Gasteiger partial charge < -0.3 is 20.5 Å². The first-order chi connectivity index (χ1) is 12.9. The van der Waals surface area contributed by atoms with Gasteiger partial charge in [0.25, 0.3) is 5.91 Å². The smallest absolute Gasteiger partial charge is 0.253 e. The van der Waals surface area contributed by atoms with Crippen molar-refractivity contribution in [2.24, 2.45) is 5.73 Å². The molecule has 0 saturated carbocycles. The number of hydrogen-bond donors (Lipinski definition) is 2. The van der Waals surface area contributed by atoms with Gasteiger partial charge in [0.1, 0.15) is 6.04 Å². The molecule has 0 aliphatic carbocycles. The normalized spacial score (nSPS) is 11.4. The van der Waals surface area contributed by atoms with Gasteiger partial charge in [-0.15, -0.1) is 0 Å². The van der Waals surface area contributed by atoms with Crippen molar-refractivity contribution in [3.63, 3.8) is 0 Å². The lowest BCUT2D eigenvalue weighted by atomic mass is 10.2. The maximum Gasteiger partial charge on any atom is 0.253 e. The minimum absolute atomic E-state index is 0.269. The van der Waals surface area contributed by atoms with Crippen LogP contribution in [0, 0.1) is 0 Å². The Balaban J connectivity index is 2.30. The number of thioether (sulfide) groups is 1. The maximum atomic E-state index is 12.8. The minimum atomic E-state index is -0.829. The van der Waals surface area contributed by atoms with E-state index in [4.69, 9.17) is 15.2 Å². The van der Waals surface area contributed by atoms with Crippen molar-refractivity contribution in [2.75, 3.05) is 14.2 Å². The number of rotatable bonds is 7. The lowest BCUT2D eigenvalue weighted by Crippen LogP contribution is -2.42. The zero-order valence-corrected chi connectivity index (χ0v) is 16.0. The first-order valence-corrected chi connectivity index (χ1v) is 8.83. The van der Waals surface area contributed by atoms with Crippen LogP contribution in [-0.2, 0) is 4.79 Å². The molecule has 0 aliphatic heterocycles. The molecule has 0 unspecified atom stereocenters. The molecule has 0 bridgehead atoms. The highest BCUT2D eigenvalue weighted by atomic mass is 32.2. The van der Waals surface area contributed by atoms with Gasteiger partial charge in [0, 0.05) is 4.90 Å². The number of nitrogens with two attached hydrogens (primary N) is 1. The summed E-state index contributed by atoms with van der Waals surface area (Å²) in [4.78, 5) is 36.8. The molecule has 27 heavy (non-hydrogen) atoms. The van der Waals surface area contributed by atoms with Gasteiger partial charge in [0.05, 0.1) is 25.3 Å². The average molecular weight is 388 g/mol. The molecule has 0 fully saturated rings. The molecule has 1 atom stereocenters. The van der Waals surface area contributed by atoms with Crippen molar-refractivity contribution in [2.45, 2.75) is 17.9 Å². The van der Waals surface area contributed by atoms with E-state index in [1.807, 2.05) is 0 Å². The van der Waals surface area contributed by atoms with Gasteiger partial charge in [-0.3, -0.25) is 14.4 Å². The summed E-state index contributed by atoms with van der Waals surface area (Å²) in [6.07, 6.45) is 0. The Morgan fingerprint density at radius 3 is 2.30 bits per heavy atom. The standard InChI is InChI=1S/C19H20N2O5S/c1-11(17(20)22)21-18(23)12-7-4-5-10-15(12)27-19(24)13-8-6-9-14(25-2)16(13)26-3/h4-11H,1-3H3,(H2,20,22)(H,21,23)/t11-/m1/s1. The Kier molecular flexibility index (Phi) is 6.84. The Morgan fingerprint density at radius 1 is 1.00 bits per heavy atom. The molecule has 3 N–H and O–H groups in total. The molecular formula is C19H20N2O5S. The van der Waals surface area contributed by atoms with Crippen LogP contribution in [0.4, 0.5) is 0 Å². The van der Waals surface area contributed by atoms with E-state index < -0.39 is 17.9 Å². The molecule has 0 aromatic heterocycles. The van der Waals surface area contributed by atoms with Crippen molar-refractivity contribution in [3.8, 4) is 11.5 Å². The number of carbonyl (C=O) groups is 3. The first-order valence-electron chi connectivity index (χ1n) is 8.01. The van der Waals surface area contributed by atoms with E-state index in [-0.39, 0.29) is 10.7 Å². The van der Waals surface area contributed by atoms with Gasteiger partial charge in [-0.1, -0.05) is 18.2 Å². The summed E-state index contributed by atoms with van der Waals surface area (Å²) in [5.74, 6) is -0.382. The van der Waals surface area contributed by atoms with E-state index in [1.165, 1.54) is 21.1 Å². The van der Waals surface area contributed by atoms with Crippen LogP contribution in [0.5, 0.6) is 11.5 Å². The zero-order valence-electron chi connectivity index (χ0n) is 15.1. The summed E-state index contributed by atoms with van der Waals surface area (Å²) in [5, 5.41) is 2.20. The topological polar surface area (TPSA) is 108 Å². The van der Waals surface area contributed by atoms with Gasteiger partial charge in [-0.05, 0) is 43.0 Å². The Morgan fingerprint density at radius 2 is 1.67 bits per heavy atom. The summed E-state index contributed by atoms with van der Waals surface area (Å²) < 4.78 is 10.5. The van der Waals surface area contributed by atoms with Gasteiger partial charge in [0.15, 0.2) is 11.5 Å². The van der Waals surface area contributed by atoms with Crippen molar-refractivity contribution >= 4 is 28.7 Å². The van der Waals surface area contributed by atoms with E-state index in [0.717, 1.165) is 11.8 Å². The number of benzene rings is 2. The molecule has 0 radical (unpaired) electrons. The molecule has 2 amide bonds. The second-order valence-electron chi connectivity index (χ2n) is 5.52. The second-order valence-corrected chi connectivity index (χ2v) is 6.54. The molecule has 2 aromatic carbocycles. The molecule has 7 nitrogen and oxygen atoms in total. The molecule has 0 spiro atoms. The summed E-state index contributed by atoms with van der Waals surface area (Å²) in [6.45, 7) is 1.49. The van der Waals surface area contributed by atoms with Crippen molar-refractivity contribution in [3.05, 3.63) is 53.6 Å². The van der Waals surface area contributed by atoms with Crippen LogP contribution < -0.4 is 20.5 Å². The zero-order chi connectivity index (χ0) is 20.0. The molecule has 0 saturated heterocycles. The lowest BCUT2D eigenvalue weighted by Gasteiger charge is -2.14. The number of methoxy groups -OCH3 is 2. The van der Waals surface area contributed by atoms with E-state index in [0.29, 0.717) is 22.0 Å². The fourth-order valence-corrected chi connectivity index (χ4v) is 3.18. The van der Waals surface area contributed by atoms with Gasteiger partial charge in [-0.2, -0.15) is 0 Å². The van der Waals surface area contributed by atoms with Crippen molar-refractivity contribution in [1.29, 1.82) is 0 Å². The highest BCUT2D eigenvalue weighted by Gasteiger charge is 2.21. The van der Waals surface area contributed by atoms with Crippen LogP contribution in [0.2, 0.25) is 0 Å². The van der Waals surface area contributed by atoms with Gasteiger partial charge >= 0.3 is 0 Å². The predicted molar refractivity (Wildman–Crippen MR) is 102 cm³/mol. The van der Waals surface area contributed by atoms with Crippen molar-refractivity contribution in [1.82, 2.24) is 5.32 Å². The number of ether oxygens (including phenoxy) is 2. The number of hydrogen-bond acceptors (Lipinski definition) is 6. The summed E-state index contributed by atoms with van der Waals surface area (Å²) in [7, 11) is 2.94. The summed E-state index contributed by atoms with van der Waals surface area (Å²) in [5.41, 5.74) is 5.77. The third-order valence-corrected chi connectivity index (χ3v) is 4.71. The molecule has 2 aromatic rings. The molecule has 2 rings (SSSR count). The largest absolute Gasteiger partial charge is 0.493 e. The average Bonchev–Trinajstić information content (AvgIpc) is 2.67. The van der Waals surface area contributed by atoms with E-state index in [1.54, 1.807) is 42.5 Å². The van der Waals surface area contributed by atoms with Crippen LogP contribution in [-0.4, -0.2) is 37.2 Å². The van der Waals surface area contributed by atoms with Crippen LogP contribution in [0.1, 0.15) is 27.6 Å². The molecule has 0 heterocycles. The third kappa shape index (κ3) is 4.79. The number of amides is 2. The van der Waals surface area contributed by atoms with Gasteiger partial charge in [-0.25, -0.2) is 0 Å². The monoisotopic (exact) mass is 388 g/mol. The quantitative estimate of drug-likeness (QED) is 0.705. The lowest BCUT2D eigenvalue weighted by molar-refractivity contribution is -0.119. The van der Waals surface area contributed by atoms with E-state index >= 15 is 0 Å². The SMILES string of the molecule is COc1cccc(C(=O)Sc2ccccc2C(=O)N[C@H](C)C(N)=O)c1OC. The molecular weight excluding hydrogens is 368 g/mol. The number of para-hydroxylation sites is 1. The maximum absolute atomic E-state index is 12.8. The minimum Gasteiger partial charge on any atom is -0.493 e. The van der Waals surface area contributed by atoms with Gasteiger partial charge in [0.2, 0.25) is 11.0 Å². The number of nitrogens with one attached hydrogen (secondary N) is 1. The molecule has 0 aliphatic rings. The second kappa shape index (κ2) is 9.09. The number of carbonyl (C=O) groups excluding carboxylic acids is 3. The Labute approximate surface area is 161 Å². The van der Waals surface area contributed by atoms with Crippen LogP contribution in [0.3, 0.4) is 0 Å². The third-order valence-electron chi connectivity index (χ3n) is 3.73. The van der Waals surface area contributed by atoms with Crippen LogP contribution in [0.25, 0.3) is 0 Å². The van der Waals surface area contributed by atoms with Crippen LogP contribution >= 0.6 is 11.8 Å². The predicted octanol–water partition coefficient (Wildman–Crippen LogP) is 2.24. The fraction of sp³-hybridized carbons (Fsp3) is 0.211. The van der Waals surface area contributed by atoms with E-state index in [2.05, 4.69) is 5.32 Å². The fourth-order valence-electron chi connectivity index (χ4n) is 2.29. The van der Waals surface area contributed by atoms with Crippen LogP contribution in [0.15, 0.2) is 47.4 Å².